The average Bonchev–Trinajstić information content (AvgIpc) is 2.48. The Balaban J connectivity index is 2.51. The van der Waals surface area contributed by atoms with E-state index < -0.39 is 0 Å². The highest BCUT2D eigenvalue weighted by molar-refractivity contribution is 5.45. The minimum absolute atomic E-state index is 0.946. The maximum atomic E-state index is 4.27. The van der Waals surface area contributed by atoms with Gasteiger partial charge in [-0.1, -0.05) is 13.3 Å². The zero-order valence-corrected chi connectivity index (χ0v) is 8.80. The third kappa shape index (κ3) is 2.47. The molecule has 0 aliphatic heterocycles. The molecule has 0 aliphatic carbocycles. The molecule has 0 aromatic carbocycles. The van der Waals surface area contributed by atoms with Crippen molar-refractivity contribution in [2.75, 3.05) is 11.9 Å². The maximum Gasteiger partial charge on any atom is 0.0756 e. The van der Waals surface area contributed by atoms with Crippen molar-refractivity contribution < 1.29 is 0 Å². The Kier molecular flexibility index (Phi) is 3.80. The van der Waals surface area contributed by atoms with Crippen LogP contribution in [-0.2, 0) is 6.54 Å². The molecule has 3 nitrogen and oxygen atoms in total. The Labute approximate surface area is 80.1 Å². The van der Waals surface area contributed by atoms with Crippen LogP contribution >= 0.6 is 0 Å². The van der Waals surface area contributed by atoms with Crippen molar-refractivity contribution in [1.82, 2.24) is 9.78 Å². The normalized spacial score (nSPS) is 10.4. The Bertz CT molecular complexity index is 253. The molecule has 0 atom stereocenters. The second-order valence-electron chi connectivity index (χ2n) is 3.24. The van der Waals surface area contributed by atoms with Gasteiger partial charge in [-0.05, 0) is 20.3 Å². The lowest BCUT2D eigenvalue weighted by Crippen LogP contribution is -2.03. The van der Waals surface area contributed by atoms with Crippen molar-refractivity contribution in [1.29, 1.82) is 0 Å². The van der Waals surface area contributed by atoms with Gasteiger partial charge in [0, 0.05) is 13.1 Å². The molecule has 3 heteroatoms. The number of nitrogens with one attached hydrogen (secondary N) is 1. The van der Waals surface area contributed by atoms with E-state index in [1.807, 2.05) is 10.9 Å². The van der Waals surface area contributed by atoms with Crippen LogP contribution in [-0.4, -0.2) is 16.3 Å². The van der Waals surface area contributed by atoms with Crippen LogP contribution in [0.15, 0.2) is 6.20 Å². The van der Waals surface area contributed by atoms with Crippen LogP contribution in [0.3, 0.4) is 0 Å². The summed E-state index contributed by atoms with van der Waals surface area (Å²) < 4.78 is 2.01. The Morgan fingerprint density at radius 2 is 2.23 bits per heavy atom. The van der Waals surface area contributed by atoms with E-state index >= 15 is 0 Å². The van der Waals surface area contributed by atoms with Crippen molar-refractivity contribution in [3.05, 3.63) is 11.9 Å². The van der Waals surface area contributed by atoms with Crippen molar-refractivity contribution in [2.24, 2.45) is 0 Å². The van der Waals surface area contributed by atoms with E-state index in [1.165, 1.54) is 24.2 Å². The van der Waals surface area contributed by atoms with Crippen LogP contribution in [0.2, 0.25) is 0 Å². The lowest BCUT2D eigenvalue weighted by Gasteiger charge is -2.04. The summed E-state index contributed by atoms with van der Waals surface area (Å²) in [5.41, 5.74) is 2.41. The minimum Gasteiger partial charge on any atom is -0.382 e. The van der Waals surface area contributed by atoms with E-state index in [2.05, 4.69) is 31.2 Å². The molecule has 1 rings (SSSR count). The molecule has 1 aromatic heterocycles. The summed E-state index contributed by atoms with van der Waals surface area (Å²) in [6.07, 6.45) is 4.36. The quantitative estimate of drug-likeness (QED) is 0.707. The third-order valence-corrected chi connectivity index (χ3v) is 2.25. The van der Waals surface area contributed by atoms with Gasteiger partial charge in [0.25, 0.3) is 0 Å². The van der Waals surface area contributed by atoms with Crippen LogP contribution in [0.25, 0.3) is 0 Å². The van der Waals surface area contributed by atoms with E-state index in [-0.39, 0.29) is 0 Å². The number of hydrogen-bond acceptors (Lipinski definition) is 2. The number of aromatic nitrogens is 2. The summed E-state index contributed by atoms with van der Waals surface area (Å²) >= 11 is 0. The summed E-state index contributed by atoms with van der Waals surface area (Å²) in [6, 6.07) is 0. The number of aryl methyl sites for hydroxylation is 1. The first-order chi connectivity index (χ1) is 6.29. The first-order valence-corrected chi connectivity index (χ1v) is 5.05. The number of anilines is 1. The lowest BCUT2D eigenvalue weighted by atomic mass is 10.3. The van der Waals surface area contributed by atoms with Gasteiger partial charge in [-0.15, -0.1) is 0 Å². The Hall–Kier alpha value is -0.990. The van der Waals surface area contributed by atoms with Gasteiger partial charge in [-0.25, -0.2) is 0 Å². The van der Waals surface area contributed by atoms with Gasteiger partial charge in [0.1, 0.15) is 0 Å². The van der Waals surface area contributed by atoms with Crippen LogP contribution < -0.4 is 5.32 Å². The minimum atomic E-state index is 0.946. The molecular formula is C10H19N3. The predicted octanol–water partition coefficient (Wildman–Crippen LogP) is 2.42. The fraction of sp³-hybridized carbons (Fsp3) is 0.700. The molecule has 1 N–H and O–H groups in total. The average molecular weight is 181 g/mol. The fourth-order valence-corrected chi connectivity index (χ4v) is 1.34. The van der Waals surface area contributed by atoms with E-state index in [9.17, 15) is 0 Å². The summed E-state index contributed by atoms with van der Waals surface area (Å²) in [5, 5.41) is 7.65. The largest absolute Gasteiger partial charge is 0.382 e. The second-order valence-corrected chi connectivity index (χ2v) is 3.24. The molecule has 0 fully saturated rings. The molecule has 0 spiro atoms. The van der Waals surface area contributed by atoms with Gasteiger partial charge in [-0.3, -0.25) is 4.68 Å². The van der Waals surface area contributed by atoms with E-state index in [1.54, 1.807) is 0 Å². The first-order valence-electron chi connectivity index (χ1n) is 5.05. The smallest absolute Gasteiger partial charge is 0.0756 e. The molecule has 1 heterocycles. The molecule has 0 amide bonds. The number of nitrogens with zero attached hydrogens (tertiary/aromatic N) is 2. The highest BCUT2D eigenvalue weighted by Crippen LogP contribution is 2.12. The van der Waals surface area contributed by atoms with Crippen LogP contribution in [0.1, 0.15) is 32.4 Å². The molecule has 0 saturated carbocycles. The van der Waals surface area contributed by atoms with Crippen molar-refractivity contribution in [2.45, 2.75) is 40.2 Å². The number of hydrogen-bond donors (Lipinski definition) is 1. The fourth-order valence-electron chi connectivity index (χ4n) is 1.34. The third-order valence-electron chi connectivity index (χ3n) is 2.25. The van der Waals surface area contributed by atoms with Crippen molar-refractivity contribution in [3.63, 3.8) is 0 Å². The Morgan fingerprint density at radius 3 is 2.77 bits per heavy atom. The molecule has 1 aromatic rings. The van der Waals surface area contributed by atoms with Crippen LogP contribution in [0, 0.1) is 6.92 Å². The van der Waals surface area contributed by atoms with E-state index in [0.717, 1.165) is 13.1 Å². The topological polar surface area (TPSA) is 29.9 Å². The highest BCUT2D eigenvalue weighted by atomic mass is 15.3. The SMILES string of the molecule is CCCCNc1cnn(CC)c1C. The Morgan fingerprint density at radius 1 is 1.46 bits per heavy atom. The van der Waals surface area contributed by atoms with Crippen LogP contribution in [0.5, 0.6) is 0 Å². The molecule has 0 saturated heterocycles. The molecular weight excluding hydrogens is 162 g/mol. The van der Waals surface area contributed by atoms with Gasteiger partial charge in [0.15, 0.2) is 0 Å². The standard InChI is InChI=1S/C10H19N3/c1-4-6-7-11-10-8-12-13(5-2)9(10)3/h8,11H,4-7H2,1-3H3. The maximum absolute atomic E-state index is 4.27. The van der Waals surface area contributed by atoms with E-state index in [4.69, 9.17) is 0 Å². The monoisotopic (exact) mass is 181 g/mol. The van der Waals surface area contributed by atoms with Gasteiger partial charge >= 0.3 is 0 Å². The van der Waals surface area contributed by atoms with E-state index in [0.29, 0.717) is 0 Å². The second kappa shape index (κ2) is 4.90. The lowest BCUT2D eigenvalue weighted by molar-refractivity contribution is 0.640. The van der Waals surface area contributed by atoms with Gasteiger partial charge in [-0.2, -0.15) is 5.10 Å². The van der Waals surface area contributed by atoms with Crippen LogP contribution in [0.4, 0.5) is 5.69 Å². The summed E-state index contributed by atoms with van der Waals surface area (Å²) in [7, 11) is 0. The van der Waals surface area contributed by atoms with Gasteiger partial charge in [0.2, 0.25) is 0 Å². The zero-order chi connectivity index (χ0) is 9.68. The molecule has 0 bridgehead atoms. The van der Waals surface area contributed by atoms with Gasteiger partial charge in [0.05, 0.1) is 17.6 Å². The molecule has 0 unspecified atom stereocenters. The van der Waals surface area contributed by atoms with Crippen molar-refractivity contribution in [3.8, 4) is 0 Å². The number of unbranched alkanes of at least 4 members (excludes halogenated alkanes) is 1. The predicted molar refractivity (Wildman–Crippen MR) is 56.0 cm³/mol. The molecule has 0 radical (unpaired) electrons. The summed E-state index contributed by atoms with van der Waals surface area (Å²) in [6.45, 7) is 8.40. The highest BCUT2D eigenvalue weighted by Gasteiger charge is 2.02. The molecule has 74 valence electrons. The summed E-state index contributed by atoms with van der Waals surface area (Å²) in [5.74, 6) is 0. The van der Waals surface area contributed by atoms with Crippen molar-refractivity contribution >= 4 is 5.69 Å². The molecule has 13 heavy (non-hydrogen) atoms. The summed E-state index contributed by atoms with van der Waals surface area (Å²) in [4.78, 5) is 0. The molecule has 0 aliphatic rings. The zero-order valence-electron chi connectivity index (χ0n) is 8.80. The first kappa shape index (κ1) is 10.1. The van der Waals surface area contributed by atoms with Gasteiger partial charge < -0.3 is 5.32 Å². The number of rotatable bonds is 5.